The van der Waals surface area contributed by atoms with Crippen LogP contribution in [0.15, 0.2) is 11.1 Å². The van der Waals surface area contributed by atoms with Crippen molar-refractivity contribution in [2.75, 3.05) is 14.2 Å². The van der Waals surface area contributed by atoms with Gasteiger partial charge in [0.15, 0.2) is 0 Å². The number of esters is 2. The molecule has 0 saturated heterocycles. The van der Waals surface area contributed by atoms with Crippen molar-refractivity contribution >= 4 is 11.9 Å². The first-order valence-corrected chi connectivity index (χ1v) is 6.80. The minimum atomic E-state index is -0.454. The molecule has 0 aromatic heterocycles. The molecule has 0 heterocycles. The van der Waals surface area contributed by atoms with Crippen LogP contribution in [-0.2, 0) is 19.1 Å². The fraction of sp³-hybridized carbons (Fsp3) is 0.750. The van der Waals surface area contributed by atoms with Crippen LogP contribution in [-0.4, -0.2) is 26.2 Å². The molecule has 116 valence electrons. The normalized spacial score (nSPS) is 13.6. The van der Waals surface area contributed by atoms with Gasteiger partial charge in [0, 0.05) is 11.1 Å². The summed E-state index contributed by atoms with van der Waals surface area (Å²) < 4.78 is 9.69. The molecule has 0 spiro atoms. The highest BCUT2D eigenvalue weighted by atomic mass is 16.5. The molecule has 0 bridgehead atoms. The molecule has 0 aliphatic carbocycles. The average Bonchev–Trinajstić information content (AvgIpc) is 2.29. The lowest BCUT2D eigenvalue weighted by Crippen LogP contribution is -2.22. The molecule has 0 aromatic rings. The van der Waals surface area contributed by atoms with E-state index in [0.717, 1.165) is 0 Å². The van der Waals surface area contributed by atoms with E-state index in [2.05, 4.69) is 0 Å². The fourth-order valence-corrected chi connectivity index (χ4v) is 1.91. The van der Waals surface area contributed by atoms with Crippen LogP contribution in [0.1, 0.15) is 54.4 Å². The molecule has 4 heteroatoms. The summed E-state index contributed by atoms with van der Waals surface area (Å²) in [7, 11) is 2.66. The second kappa shape index (κ2) is 6.91. The van der Waals surface area contributed by atoms with E-state index >= 15 is 0 Å². The molecule has 0 amide bonds. The highest BCUT2D eigenvalue weighted by Crippen LogP contribution is 2.32. The molecule has 0 rings (SSSR count). The minimum Gasteiger partial charge on any atom is -0.466 e. The third-order valence-electron chi connectivity index (χ3n) is 2.64. The summed E-state index contributed by atoms with van der Waals surface area (Å²) in [4.78, 5) is 24.1. The van der Waals surface area contributed by atoms with Crippen molar-refractivity contribution in [1.29, 1.82) is 0 Å². The van der Waals surface area contributed by atoms with E-state index in [1.54, 1.807) is 0 Å². The molecule has 0 aromatic carbocycles. The first kappa shape index (κ1) is 18.7. The Morgan fingerprint density at radius 2 is 0.950 bits per heavy atom. The van der Waals surface area contributed by atoms with Gasteiger partial charge in [0.25, 0.3) is 0 Å². The lowest BCUT2D eigenvalue weighted by Gasteiger charge is -2.25. The van der Waals surface area contributed by atoms with Crippen LogP contribution in [0.2, 0.25) is 0 Å². The summed E-state index contributed by atoms with van der Waals surface area (Å²) in [6, 6.07) is 0. The lowest BCUT2D eigenvalue weighted by molar-refractivity contribution is -0.140. The van der Waals surface area contributed by atoms with E-state index in [1.807, 2.05) is 41.5 Å². The fourth-order valence-electron chi connectivity index (χ4n) is 1.91. The number of rotatable bonds is 4. The zero-order chi connectivity index (χ0) is 16.1. The maximum absolute atomic E-state index is 12.0. The van der Waals surface area contributed by atoms with E-state index < -0.39 is 11.9 Å². The standard InChI is InChI=1S/C16H28O4/c1-15(2,3)9-11(13(17)19-7)12(14(18)20-8)10-16(4,5)6/h9-10H2,1-8H3. The third-order valence-corrected chi connectivity index (χ3v) is 2.64. The van der Waals surface area contributed by atoms with Crippen molar-refractivity contribution in [2.24, 2.45) is 10.8 Å². The number of hydrogen-bond donors (Lipinski definition) is 0. The summed E-state index contributed by atoms with van der Waals surface area (Å²) in [5.41, 5.74) is 0.588. The molecule has 0 unspecified atom stereocenters. The zero-order valence-electron chi connectivity index (χ0n) is 14.0. The molecule has 4 nitrogen and oxygen atoms in total. The molecule has 0 saturated carbocycles. The van der Waals surface area contributed by atoms with Gasteiger partial charge in [-0.05, 0) is 23.7 Å². The van der Waals surface area contributed by atoms with Gasteiger partial charge in [-0.15, -0.1) is 0 Å². The molecule has 0 atom stereocenters. The summed E-state index contributed by atoms with van der Waals surface area (Å²) >= 11 is 0. The van der Waals surface area contributed by atoms with Gasteiger partial charge in [-0.1, -0.05) is 41.5 Å². The van der Waals surface area contributed by atoms with Crippen molar-refractivity contribution in [1.82, 2.24) is 0 Å². The molecule has 0 fully saturated rings. The Morgan fingerprint density at radius 3 is 1.10 bits per heavy atom. The second-order valence-corrected chi connectivity index (χ2v) is 7.42. The Labute approximate surface area is 122 Å². The summed E-state index contributed by atoms with van der Waals surface area (Å²) in [6.45, 7) is 12.1. The Balaban J connectivity index is 5.84. The quantitative estimate of drug-likeness (QED) is 0.585. The van der Waals surface area contributed by atoms with Crippen molar-refractivity contribution in [3.05, 3.63) is 11.1 Å². The Kier molecular flexibility index (Phi) is 6.45. The van der Waals surface area contributed by atoms with Gasteiger partial charge in [0.2, 0.25) is 0 Å². The number of carbonyl (C=O) groups excluding carboxylic acids is 2. The van der Waals surface area contributed by atoms with E-state index in [9.17, 15) is 9.59 Å². The first-order chi connectivity index (χ1) is 8.91. The predicted molar refractivity (Wildman–Crippen MR) is 79.2 cm³/mol. The zero-order valence-corrected chi connectivity index (χ0v) is 14.0. The SMILES string of the molecule is COC(=O)C(CC(C)(C)C)=C(CC(C)(C)C)C(=O)OC. The predicted octanol–water partition coefficient (Wildman–Crippen LogP) is 3.50. The van der Waals surface area contributed by atoms with Gasteiger partial charge in [0.05, 0.1) is 14.2 Å². The summed E-state index contributed by atoms with van der Waals surface area (Å²) in [5, 5.41) is 0. The smallest absolute Gasteiger partial charge is 0.334 e. The average molecular weight is 284 g/mol. The molecular weight excluding hydrogens is 256 g/mol. The Bertz CT molecular complexity index is 354. The highest BCUT2D eigenvalue weighted by molar-refractivity contribution is 6.00. The van der Waals surface area contributed by atoms with Crippen molar-refractivity contribution in [3.8, 4) is 0 Å². The molecular formula is C16H28O4. The van der Waals surface area contributed by atoms with Gasteiger partial charge in [-0.2, -0.15) is 0 Å². The van der Waals surface area contributed by atoms with Gasteiger partial charge >= 0.3 is 11.9 Å². The van der Waals surface area contributed by atoms with Gasteiger partial charge in [-0.25, -0.2) is 9.59 Å². The van der Waals surface area contributed by atoms with Crippen LogP contribution in [0.3, 0.4) is 0 Å². The monoisotopic (exact) mass is 284 g/mol. The largest absolute Gasteiger partial charge is 0.466 e. The maximum atomic E-state index is 12.0. The van der Waals surface area contributed by atoms with Crippen LogP contribution in [0, 0.1) is 10.8 Å². The van der Waals surface area contributed by atoms with E-state index in [4.69, 9.17) is 9.47 Å². The van der Waals surface area contributed by atoms with Crippen LogP contribution in [0.25, 0.3) is 0 Å². The Hall–Kier alpha value is -1.32. The third kappa shape index (κ3) is 6.73. The second-order valence-electron chi connectivity index (χ2n) is 7.42. The van der Waals surface area contributed by atoms with Crippen LogP contribution in [0.5, 0.6) is 0 Å². The van der Waals surface area contributed by atoms with E-state index in [0.29, 0.717) is 24.0 Å². The number of hydrogen-bond acceptors (Lipinski definition) is 4. The van der Waals surface area contributed by atoms with Crippen LogP contribution >= 0.6 is 0 Å². The Morgan fingerprint density at radius 1 is 0.700 bits per heavy atom. The topological polar surface area (TPSA) is 52.6 Å². The molecule has 0 aliphatic rings. The maximum Gasteiger partial charge on any atom is 0.334 e. The molecule has 0 N–H and O–H groups in total. The first-order valence-electron chi connectivity index (χ1n) is 6.80. The van der Waals surface area contributed by atoms with Crippen LogP contribution in [0.4, 0.5) is 0 Å². The van der Waals surface area contributed by atoms with Gasteiger partial charge in [0.1, 0.15) is 0 Å². The van der Waals surface area contributed by atoms with Gasteiger partial charge in [-0.3, -0.25) is 0 Å². The minimum absolute atomic E-state index is 0.124. The van der Waals surface area contributed by atoms with Crippen LogP contribution < -0.4 is 0 Å². The molecule has 0 radical (unpaired) electrons. The molecule has 20 heavy (non-hydrogen) atoms. The number of ether oxygens (including phenoxy) is 2. The summed E-state index contributed by atoms with van der Waals surface area (Å²) in [6.07, 6.45) is 0.945. The highest BCUT2D eigenvalue weighted by Gasteiger charge is 2.29. The lowest BCUT2D eigenvalue weighted by atomic mass is 9.81. The van der Waals surface area contributed by atoms with E-state index in [-0.39, 0.29) is 10.8 Å². The summed E-state index contributed by atoms with van der Waals surface area (Å²) in [5.74, 6) is -0.908. The number of methoxy groups -OCH3 is 2. The van der Waals surface area contributed by atoms with Crippen molar-refractivity contribution in [2.45, 2.75) is 54.4 Å². The van der Waals surface area contributed by atoms with E-state index in [1.165, 1.54) is 14.2 Å². The van der Waals surface area contributed by atoms with Gasteiger partial charge < -0.3 is 9.47 Å². The van der Waals surface area contributed by atoms with Crippen molar-refractivity contribution in [3.63, 3.8) is 0 Å². The van der Waals surface area contributed by atoms with Crippen molar-refractivity contribution < 1.29 is 19.1 Å². The molecule has 0 aliphatic heterocycles. The number of carbonyl (C=O) groups is 2.